The predicted molar refractivity (Wildman–Crippen MR) is 69.3 cm³/mol. The summed E-state index contributed by atoms with van der Waals surface area (Å²) in [6.07, 6.45) is 2.15. The Labute approximate surface area is 111 Å². The number of hydrogen-bond donors (Lipinski definition) is 2. The van der Waals surface area contributed by atoms with Gasteiger partial charge in [-0.1, -0.05) is 11.6 Å². The Bertz CT molecular complexity index is 433. The van der Waals surface area contributed by atoms with Gasteiger partial charge in [-0.25, -0.2) is 4.39 Å². The van der Waals surface area contributed by atoms with E-state index in [1.165, 1.54) is 18.2 Å². The molecule has 0 unspecified atom stereocenters. The molecule has 0 aromatic heterocycles. The highest BCUT2D eigenvalue weighted by atomic mass is 35.5. The van der Waals surface area contributed by atoms with Crippen LogP contribution in [0.25, 0.3) is 0 Å². The summed E-state index contributed by atoms with van der Waals surface area (Å²) in [5.41, 5.74) is 0.398. The van der Waals surface area contributed by atoms with Gasteiger partial charge in [0.2, 0.25) is 0 Å². The first-order valence-corrected chi connectivity index (χ1v) is 6.48. The Morgan fingerprint density at radius 3 is 2.83 bits per heavy atom. The topological polar surface area (TPSA) is 41.1 Å². The molecule has 0 saturated carbocycles. The second-order valence-corrected chi connectivity index (χ2v) is 4.94. The Morgan fingerprint density at radius 1 is 1.44 bits per heavy atom. The van der Waals surface area contributed by atoms with Crippen LogP contribution in [0.3, 0.4) is 0 Å². The monoisotopic (exact) mass is 270 g/mol. The second kappa shape index (κ2) is 6.16. The van der Waals surface area contributed by atoms with Crippen LogP contribution in [-0.2, 0) is 0 Å². The number of hydrogen-bond acceptors (Lipinski definition) is 2. The number of rotatable bonds is 3. The molecule has 98 valence electrons. The largest absolute Gasteiger partial charge is 0.352 e. The smallest absolute Gasteiger partial charge is 0.251 e. The van der Waals surface area contributed by atoms with Crippen LogP contribution in [0.5, 0.6) is 0 Å². The predicted octanol–water partition coefficient (Wildman–Crippen LogP) is 2.21. The molecule has 0 atom stereocenters. The minimum Gasteiger partial charge on any atom is -0.352 e. The molecular weight excluding hydrogens is 255 g/mol. The van der Waals surface area contributed by atoms with Crippen molar-refractivity contribution in [3.8, 4) is 0 Å². The number of halogens is 2. The molecule has 5 heteroatoms. The van der Waals surface area contributed by atoms with Gasteiger partial charge in [0, 0.05) is 12.1 Å². The zero-order valence-electron chi connectivity index (χ0n) is 10.0. The maximum atomic E-state index is 13.0. The van der Waals surface area contributed by atoms with E-state index in [1.807, 2.05) is 0 Å². The quantitative estimate of drug-likeness (QED) is 0.884. The molecule has 1 heterocycles. The number of amides is 1. The van der Waals surface area contributed by atoms with Gasteiger partial charge in [0.15, 0.2) is 0 Å². The molecule has 3 nitrogen and oxygen atoms in total. The van der Waals surface area contributed by atoms with Gasteiger partial charge < -0.3 is 10.6 Å². The normalized spacial score (nSPS) is 16.6. The van der Waals surface area contributed by atoms with Crippen molar-refractivity contribution in [3.63, 3.8) is 0 Å². The minimum absolute atomic E-state index is 0.0236. The summed E-state index contributed by atoms with van der Waals surface area (Å²) in [4.78, 5) is 11.8. The van der Waals surface area contributed by atoms with Crippen molar-refractivity contribution in [1.82, 2.24) is 10.6 Å². The zero-order chi connectivity index (χ0) is 13.0. The lowest BCUT2D eigenvalue weighted by Crippen LogP contribution is -2.35. The zero-order valence-corrected chi connectivity index (χ0v) is 10.8. The van der Waals surface area contributed by atoms with E-state index in [9.17, 15) is 9.18 Å². The lowest BCUT2D eigenvalue weighted by atomic mass is 9.98. The van der Waals surface area contributed by atoms with Crippen LogP contribution in [-0.4, -0.2) is 25.5 Å². The highest BCUT2D eigenvalue weighted by Crippen LogP contribution is 2.16. The van der Waals surface area contributed by atoms with Gasteiger partial charge in [-0.05, 0) is 50.0 Å². The standard InChI is InChI=1S/C13H16ClFN2O/c14-11-7-10(1-2-12(11)15)13(18)17-8-9-3-5-16-6-4-9/h1-2,7,9,16H,3-6,8H2,(H,17,18). The van der Waals surface area contributed by atoms with E-state index >= 15 is 0 Å². The number of benzene rings is 1. The van der Waals surface area contributed by atoms with Crippen molar-refractivity contribution in [2.45, 2.75) is 12.8 Å². The second-order valence-electron chi connectivity index (χ2n) is 4.53. The van der Waals surface area contributed by atoms with Crippen LogP contribution < -0.4 is 10.6 Å². The van der Waals surface area contributed by atoms with Crippen LogP contribution >= 0.6 is 11.6 Å². The van der Waals surface area contributed by atoms with Crippen LogP contribution in [0.4, 0.5) is 4.39 Å². The third-order valence-electron chi connectivity index (χ3n) is 3.19. The fourth-order valence-electron chi connectivity index (χ4n) is 2.06. The SMILES string of the molecule is O=C(NCC1CCNCC1)c1ccc(F)c(Cl)c1. The van der Waals surface area contributed by atoms with E-state index in [0.717, 1.165) is 25.9 Å². The van der Waals surface area contributed by atoms with Gasteiger partial charge in [-0.3, -0.25) is 4.79 Å². The van der Waals surface area contributed by atoms with Crippen LogP contribution in [0.2, 0.25) is 5.02 Å². The first kappa shape index (κ1) is 13.3. The summed E-state index contributed by atoms with van der Waals surface area (Å²) >= 11 is 5.64. The van der Waals surface area contributed by atoms with Gasteiger partial charge in [0.25, 0.3) is 5.91 Å². The lowest BCUT2D eigenvalue weighted by Gasteiger charge is -2.22. The highest BCUT2D eigenvalue weighted by molar-refractivity contribution is 6.31. The molecule has 0 spiro atoms. The van der Waals surface area contributed by atoms with Crippen molar-refractivity contribution in [3.05, 3.63) is 34.6 Å². The molecule has 1 fully saturated rings. The van der Waals surface area contributed by atoms with Gasteiger partial charge in [0.05, 0.1) is 5.02 Å². The van der Waals surface area contributed by atoms with Crippen molar-refractivity contribution in [1.29, 1.82) is 0 Å². The molecule has 1 aromatic carbocycles. The molecule has 1 saturated heterocycles. The van der Waals surface area contributed by atoms with E-state index in [1.54, 1.807) is 0 Å². The Kier molecular flexibility index (Phi) is 4.55. The summed E-state index contributed by atoms with van der Waals surface area (Å²) in [7, 11) is 0. The van der Waals surface area contributed by atoms with E-state index in [-0.39, 0.29) is 10.9 Å². The Morgan fingerprint density at radius 2 is 2.17 bits per heavy atom. The molecular formula is C13H16ClFN2O. The molecule has 1 aromatic rings. The van der Waals surface area contributed by atoms with Crippen molar-refractivity contribution in [2.75, 3.05) is 19.6 Å². The third kappa shape index (κ3) is 3.43. The number of nitrogens with one attached hydrogen (secondary N) is 2. The first-order valence-electron chi connectivity index (χ1n) is 6.11. The number of piperidine rings is 1. The van der Waals surface area contributed by atoms with E-state index in [0.29, 0.717) is 18.0 Å². The van der Waals surface area contributed by atoms with E-state index in [2.05, 4.69) is 10.6 Å². The van der Waals surface area contributed by atoms with Crippen molar-refractivity contribution < 1.29 is 9.18 Å². The summed E-state index contributed by atoms with van der Waals surface area (Å²) in [6, 6.07) is 4.01. The highest BCUT2D eigenvalue weighted by Gasteiger charge is 2.15. The minimum atomic E-state index is -0.508. The van der Waals surface area contributed by atoms with Crippen LogP contribution in [0, 0.1) is 11.7 Å². The Hall–Kier alpha value is -1.13. The van der Waals surface area contributed by atoms with Gasteiger partial charge >= 0.3 is 0 Å². The van der Waals surface area contributed by atoms with Gasteiger partial charge in [-0.15, -0.1) is 0 Å². The first-order chi connectivity index (χ1) is 8.66. The molecule has 2 N–H and O–H groups in total. The van der Waals surface area contributed by atoms with E-state index < -0.39 is 5.82 Å². The van der Waals surface area contributed by atoms with Gasteiger partial charge in [0.1, 0.15) is 5.82 Å². The van der Waals surface area contributed by atoms with Crippen LogP contribution in [0.1, 0.15) is 23.2 Å². The third-order valence-corrected chi connectivity index (χ3v) is 3.48. The molecule has 2 rings (SSSR count). The molecule has 1 amide bonds. The number of carbonyl (C=O) groups is 1. The van der Waals surface area contributed by atoms with E-state index in [4.69, 9.17) is 11.6 Å². The number of carbonyl (C=O) groups excluding carboxylic acids is 1. The maximum Gasteiger partial charge on any atom is 0.251 e. The van der Waals surface area contributed by atoms with Crippen LogP contribution in [0.15, 0.2) is 18.2 Å². The fourth-order valence-corrected chi connectivity index (χ4v) is 2.24. The average Bonchev–Trinajstić information content (AvgIpc) is 2.40. The summed E-state index contributed by atoms with van der Waals surface area (Å²) in [6.45, 7) is 2.67. The lowest BCUT2D eigenvalue weighted by molar-refractivity contribution is 0.0944. The molecule has 0 radical (unpaired) electrons. The summed E-state index contributed by atoms with van der Waals surface area (Å²) in [5.74, 6) is -0.187. The molecule has 0 aliphatic carbocycles. The molecule has 0 bridgehead atoms. The maximum absolute atomic E-state index is 13.0. The van der Waals surface area contributed by atoms with Crippen molar-refractivity contribution >= 4 is 17.5 Å². The molecule has 18 heavy (non-hydrogen) atoms. The Balaban J connectivity index is 1.88. The molecule has 1 aliphatic heterocycles. The summed E-state index contributed by atoms with van der Waals surface area (Å²) < 4.78 is 13.0. The fraction of sp³-hybridized carbons (Fsp3) is 0.462. The molecule has 1 aliphatic rings. The van der Waals surface area contributed by atoms with Gasteiger partial charge in [-0.2, -0.15) is 0 Å². The van der Waals surface area contributed by atoms with Crippen molar-refractivity contribution in [2.24, 2.45) is 5.92 Å². The average molecular weight is 271 g/mol. The summed E-state index contributed by atoms with van der Waals surface area (Å²) in [5, 5.41) is 6.12.